The number of para-hydroxylation sites is 1. The minimum absolute atomic E-state index is 0. The molecule has 0 spiro atoms. The summed E-state index contributed by atoms with van der Waals surface area (Å²) in [5, 5.41) is 2.86. The monoisotopic (exact) mass is 425 g/mol. The summed E-state index contributed by atoms with van der Waals surface area (Å²) in [6, 6.07) is 10.7. The van der Waals surface area contributed by atoms with Crippen molar-refractivity contribution in [1.82, 2.24) is 14.8 Å². The standard InChI is InChI=1S/C19H21N5O2.2ClH.H2/c1-22-9-11-23(12-10-22)13-17(25)24-16-7-3-2-5-14(16)19(26)21-15-6-4-8-20-18(15)24;;;/h2-8H,9-13H2,1H3,(H,21,26);3*1H. The van der Waals surface area contributed by atoms with Crippen molar-refractivity contribution < 1.29 is 11.0 Å². The minimum Gasteiger partial charge on any atom is -0.319 e. The van der Waals surface area contributed by atoms with Crippen LogP contribution in [0.1, 0.15) is 11.8 Å². The van der Waals surface area contributed by atoms with Gasteiger partial charge in [0.1, 0.15) is 0 Å². The van der Waals surface area contributed by atoms with Crippen LogP contribution in [0.25, 0.3) is 0 Å². The molecule has 2 aliphatic heterocycles. The smallest absolute Gasteiger partial charge is 0.257 e. The van der Waals surface area contributed by atoms with Crippen molar-refractivity contribution in [2.24, 2.45) is 0 Å². The molecule has 0 saturated carbocycles. The Labute approximate surface area is 178 Å². The van der Waals surface area contributed by atoms with Crippen LogP contribution in [0.15, 0.2) is 42.6 Å². The van der Waals surface area contributed by atoms with Crippen molar-refractivity contribution in [1.29, 1.82) is 0 Å². The molecule has 2 aliphatic rings. The highest BCUT2D eigenvalue weighted by atomic mass is 35.5. The van der Waals surface area contributed by atoms with Crippen LogP contribution < -0.4 is 10.2 Å². The Morgan fingerprint density at radius 1 is 1.11 bits per heavy atom. The molecule has 1 N–H and O–H groups in total. The van der Waals surface area contributed by atoms with Gasteiger partial charge in [-0.1, -0.05) is 12.1 Å². The lowest BCUT2D eigenvalue weighted by atomic mass is 10.1. The molecule has 0 bridgehead atoms. The number of pyridine rings is 1. The van der Waals surface area contributed by atoms with E-state index in [1.807, 2.05) is 6.07 Å². The average Bonchev–Trinajstić information content (AvgIpc) is 2.77. The van der Waals surface area contributed by atoms with Crippen molar-refractivity contribution in [3.8, 4) is 0 Å². The molecular formula is C19H25Cl2N5O2. The first-order valence-corrected chi connectivity index (χ1v) is 8.73. The molecule has 4 rings (SSSR count). The Hall–Kier alpha value is -2.19. The summed E-state index contributed by atoms with van der Waals surface area (Å²) >= 11 is 0. The van der Waals surface area contributed by atoms with Gasteiger partial charge in [-0.05, 0) is 31.3 Å². The molecule has 0 radical (unpaired) electrons. The zero-order valence-electron chi connectivity index (χ0n) is 15.5. The van der Waals surface area contributed by atoms with Gasteiger partial charge in [0.05, 0.1) is 23.5 Å². The maximum absolute atomic E-state index is 13.2. The van der Waals surface area contributed by atoms with Gasteiger partial charge >= 0.3 is 0 Å². The fourth-order valence-corrected chi connectivity index (χ4v) is 3.36. The van der Waals surface area contributed by atoms with E-state index in [0.29, 0.717) is 29.3 Å². The summed E-state index contributed by atoms with van der Waals surface area (Å²) in [5.74, 6) is 0.146. The average molecular weight is 426 g/mol. The summed E-state index contributed by atoms with van der Waals surface area (Å²) in [4.78, 5) is 36.1. The number of nitrogens with one attached hydrogen (secondary N) is 1. The molecule has 1 aromatic carbocycles. The van der Waals surface area contributed by atoms with Gasteiger partial charge in [-0.3, -0.25) is 19.4 Å². The zero-order chi connectivity index (χ0) is 18.1. The van der Waals surface area contributed by atoms with Crippen molar-refractivity contribution in [2.75, 3.05) is 50.0 Å². The normalized spacial score (nSPS) is 16.6. The number of likely N-dealkylation sites (N-methyl/N-ethyl adjacent to an activating group) is 1. The third-order valence-electron chi connectivity index (χ3n) is 4.84. The summed E-state index contributed by atoms with van der Waals surface area (Å²) < 4.78 is 0. The number of amides is 2. The number of aromatic nitrogens is 1. The fraction of sp³-hybridized carbons (Fsp3) is 0.316. The first-order chi connectivity index (χ1) is 12.6. The van der Waals surface area contributed by atoms with E-state index in [0.717, 1.165) is 26.2 Å². The van der Waals surface area contributed by atoms with Gasteiger partial charge in [0, 0.05) is 33.8 Å². The molecule has 2 amide bonds. The Morgan fingerprint density at radius 2 is 1.82 bits per heavy atom. The minimum atomic E-state index is -0.232. The van der Waals surface area contributed by atoms with Crippen molar-refractivity contribution in [2.45, 2.75) is 0 Å². The van der Waals surface area contributed by atoms with Crippen molar-refractivity contribution in [3.63, 3.8) is 0 Å². The molecule has 0 aliphatic carbocycles. The number of anilines is 3. The number of nitrogens with zero attached hydrogens (tertiary/aromatic N) is 4. The number of carbonyl (C=O) groups excluding carboxylic acids is 2. The maximum Gasteiger partial charge on any atom is 0.257 e. The second-order valence-corrected chi connectivity index (χ2v) is 6.65. The molecule has 9 heteroatoms. The number of piperazine rings is 1. The van der Waals surface area contributed by atoms with Crippen LogP contribution in [0.2, 0.25) is 0 Å². The van der Waals surface area contributed by atoms with Crippen LogP contribution in [0.4, 0.5) is 17.2 Å². The SMILES string of the molecule is CN1CCN(CC(=O)N2c3ccccc3C(=O)Nc3cccnc32)CC1.Cl.Cl.[HH]. The van der Waals surface area contributed by atoms with E-state index in [9.17, 15) is 9.59 Å². The molecule has 1 saturated heterocycles. The summed E-state index contributed by atoms with van der Waals surface area (Å²) in [7, 11) is 2.08. The number of halogens is 2. The van der Waals surface area contributed by atoms with Crippen LogP contribution >= 0.6 is 24.8 Å². The number of benzene rings is 1. The van der Waals surface area contributed by atoms with Crippen molar-refractivity contribution in [3.05, 3.63) is 48.2 Å². The molecule has 28 heavy (non-hydrogen) atoms. The highest BCUT2D eigenvalue weighted by Gasteiger charge is 2.31. The molecule has 152 valence electrons. The molecule has 2 aromatic rings. The second-order valence-electron chi connectivity index (χ2n) is 6.65. The summed E-state index contributed by atoms with van der Waals surface area (Å²) in [6.07, 6.45) is 1.63. The van der Waals surface area contributed by atoms with Crippen LogP contribution in [0, 0.1) is 0 Å². The highest BCUT2D eigenvalue weighted by molar-refractivity contribution is 6.17. The number of hydrogen-bond acceptors (Lipinski definition) is 5. The third kappa shape index (κ3) is 4.28. The molecule has 0 atom stereocenters. The van der Waals surface area contributed by atoms with Crippen LogP contribution in [0.5, 0.6) is 0 Å². The molecule has 0 unspecified atom stereocenters. The molecule has 3 heterocycles. The number of hydrogen-bond donors (Lipinski definition) is 1. The van der Waals surface area contributed by atoms with E-state index in [4.69, 9.17) is 0 Å². The zero-order valence-corrected chi connectivity index (χ0v) is 17.1. The van der Waals surface area contributed by atoms with Gasteiger partial charge in [0.25, 0.3) is 5.91 Å². The number of rotatable bonds is 2. The van der Waals surface area contributed by atoms with Crippen molar-refractivity contribution >= 4 is 53.8 Å². The lowest BCUT2D eigenvalue weighted by Crippen LogP contribution is -2.48. The largest absolute Gasteiger partial charge is 0.319 e. The topological polar surface area (TPSA) is 68.8 Å². The van der Waals surface area contributed by atoms with Gasteiger partial charge in [-0.15, -0.1) is 24.8 Å². The van der Waals surface area contributed by atoms with Gasteiger partial charge in [-0.2, -0.15) is 0 Å². The van der Waals surface area contributed by atoms with E-state index < -0.39 is 0 Å². The van der Waals surface area contributed by atoms with E-state index in [1.165, 1.54) is 0 Å². The van der Waals surface area contributed by atoms with E-state index in [-0.39, 0.29) is 38.1 Å². The quantitative estimate of drug-likeness (QED) is 0.800. The van der Waals surface area contributed by atoms with Crippen LogP contribution in [-0.2, 0) is 4.79 Å². The van der Waals surface area contributed by atoms with Crippen LogP contribution in [-0.4, -0.2) is 66.4 Å². The van der Waals surface area contributed by atoms with Gasteiger partial charge in [-0.25, -0.2) is 4.98 Å². The van der Waals surface area contributed by atoms with E-state index in [1.54, 1.807) is 41.4 Å². The van der Waals surface area contributed by atoms with Gasteiger partial charge in [0.2, 0.25) is 5.91 Å². The first-order valence-electron chi connectivity index (χ1n) is 8.73. The lowest BCUT2D eigenvalue weighted by Gasteiger charge is -2.33. The Bertz CT molecular complexity index is 862. The predicted octanol–water partition coefficient (Wildman–Crippen LogP) is 2.65. The van der Waals surface area contributed by atoms with E-state index >= 15 is 0 Å². The first kappa shape index (κ1) is 22.1. The fourth-order valence-electron chi connectivity index (χ4n) is 3.36. The predicted molar refractivity (Wildman–Crippen MR) is 116 cm³/mol. The molecule has 1 fully saturated rings. The Morgan fingerprint density at radius 3 is 2.57 bits per heavy atom. The lowest BCUT2D eigenvalue weighted by molar-refractivity contribution is -0.119. The Kier molecular flexibility index (Phi) is 7.37. The van der Waals surface area contributed by atoms with Gasteiger partial charge in [0.15, 0.2) is 5.82 Å². The molecular weight excluding hydrogens is 401 g/mol. The third-order valence-corrected chi connectivity index (χ3v) is 4.84. The summed E-state index contributed by atoms with van der Waals surface area (Å²) in [5.41, 5.74) is 1.58. The maximum atomic E-state index is 13.2. The highest BCUT2D eigenvalue weighted by Crippen LogP contribution is 2.36. The van der Waals surface area contributed by atoms with E-state index in [2.05, 4.69) is 27.1 Å². The number of carbonyl (C=O) groups is 2. The summed E-state index contributed by atoms with van der Waals surface area (Å²) in [6.45, 7) is 3.89. The Balaban J connectivity index is 0.00000140. The molecule has 7 nitrogen and oxygen atoms in total. The number of fused-ring (bicyclic) bond motifs is 2. The second kappa shape index (κ2) is 9.34. The van der Waals surface area contributed by atoms with Crippen LogP contribution in [0.3, 0.4) is 0 Å². The molecule has 1 aromatic heterocycles. The van der Waals surface area contributed by atoms with Gasteiger partial charge < -0.3 is 10.2 Å².